The maximum absolute atomic E-state index is 13.6. The monoisotopic (exact) mass is 310 g/mol. The molecule has 0 unspecified atom stereocenters. The molecular formula is C16H20F2N2S. The number of hydrogen-bond acceptors (Lipinski definition) is 3. The second-order valence-electron chi connectivity index (χ2n) is 6.06. The van der Waals surface area contributed by atoms with Crippen LogP contribution in [0.1, 0.15) is 37.7 Å². The fourth-order valence-corrected chi connectivity index (χ4v) is 4.27. The van der Waals surface area contributed by atoms with Crippen molar-refractivity contribution in [2.75, 3.05) is 12.3 Å². The molecule has 1 aliphatic carbocycles. The molecule has 1 aromatic rings. The molecule has 0 aromatic heterocycles. The highest BCUT2D eigenvalue weighted by Crippen LogP contribution is 2.41. The molecule has 0 atom stereocenters. The Kier molecular flexibility index (Phi) is 4.48. The van der Waals surface area contributed by atoms with Gasteiger partial charge in [0.1, 0.15) is 11.6 Å². The predicted molar refractivity (Wildman–Crippen MR) is 83.5 cm³/mol. The third-order valence-corrected chi connectivity index (χ3v) is 5.73. The minimum atomic E-state index is -0.410. The van der Waals surface area contributed by atoms with Crippen LogP contribution in [0, 0.1) is 17.0 Å². The van der Waals surface area contributed by atoms with Crippen LogP contribution in [0.3, 0.4) is 0 Å². The van der Waals surface area contributed by atoms with E-state index in [-0.39, 0.29) is 12.4 Å². The van der Waals surface area contributed by atoms with Gasteiger partial charge in [0.25, 0.3) is 0 Å². The Balaban J connectivity index is 1.58. The first kappa shape index (κ1) is 14.8. The summed E-state index contributed by atoms with van der Waals surface area (Å²) in [5.41, 5.74) is 0.731. The molecule has 2 nitrogen and oxygen atoms in total. The molecule has 1 aromatic carbocycles. The molecule has 0 radical (unpaired) electrons. The standard InChI is InChI=1S/C16H20F2N2S/c17-13-4-5-14(18)12(8-13)9-19-15-20-10-16(11-21-15)6-2-1-3-7-16/h4-5,8H,1-3,6-7,9-11H2,(H,19,20). The van der Waals surface area contributed by atoms with Crippen molar-refractivity contribution in [1.29, 1.82) is 0 Å². The van der Waals surface area contributed by atoms with Gasteiger partial charge in [-0.15, -0.1) is 0 Å². The van der Waals surface area contributed by atoms with E-state index >= 15 is 0 Å². The zero-order valence-corrected chi connectivity index (χ0v) is 12.8. The van der Waals surface area contributed by atoms with Crippen molar-refractivity contribution in [3.05, 3.63) is 35.4 Å². The number of nitrogens with one attached hydrogen (secondary N) is 1. The van der Waals surface area contributed by atoms with Crippen molar-refractivity contribution < 1.29 is 8.78 Å². The van der Waals surface area contributed by atoms with Crippen molar-refractivity contribution in [3.8, 4) is 0 Å². The average molecular weight is 310 g/mol. The summed E-state index contributed by atoms with van der Waals surface area (Å²) >= 11 is 1.72. The average Bonchev–Trinajstić information content (AvgIpc) is 2.51. The van der Waals surface area contributed by atoms with Gasteiger partial charge in [0.15, 0.2) is 5.17 Å². The number of rotatable bonds is 2. The van der Waals surface area contributed by atoms with Crippen LogP contribution in [-0.4, -0.2) is 17.5 Å². The van der Waals surface area contributed by atoms with Gasteiger partial charge in [0.2, 0.25) is 0 Å². The Morgan fingerprint density at radius 2 is 2.00 bits per heavy atom. The number of amidine groups is 1. The van der Waals surface area contributed by atoms with E-state index in [1.165, 1.54) is 44.2 Å². The molecule has 3 rings (SSSR count). The SMILES string of the molecule is Fc1ccc(F)c(CNC2=NCC3(CCCCC3)CS2)c1. The summed E-state index contributed by atoms with van der Waals surface area (Å²) in [6.45, 7) is 1.15. The number of nitrogens with zero attached hydrogens (tertiary/aromatic N) is 1. The molecule has 2 aliphatic rings. The maximum Gasteiger partial charge on any atom is 0.156 e. The lowest BCUT2D eigenvalue weighted by molar-refractivity contribution is 0.232. The van der Waals surface area contributed by atoms with Crippen molar-refractivity contribution in [1.82, 2.24) is 5.32 Å². The van der Waals surface area contributed by atoms with Gasteiger partial charge in [0.05, 0.1) is 0 Å². The van der Waals surface area contributed by atoms with Crippen molar-refractivity contribution in [3.63, 3.8) is 0 Å². The largest absolute Gasteiger partial charge is 0.361 e. The Morgan fingerprint density at radius 1 is 1.19 bits per heavy atom. The summed E-state index contributed by atoms with van der Waals surface area (Å²) < 4.78 is 26.7. The molecule has 5 heteroatoms. The molecular weight excluding hydrogens is 290 g/mol. The highest BCUT2D eigenvalue weighted by molar-refractivity contribution is 8.13. The van der Waals surface area contributed by atoms with Crippen molar-refractivity contribution in [2.24, 2.45) is 10.4 Å². The van der Waals surface area contributed by atoms with Crippen LogP contribution in [0.15, 0.2) is 23.2 Å². The molecule has 0 amide bonds. The van der Waals surface area contributed by atoms with E-state index < -0.39 is 5.82 Å². The first-order valence-corrected chi connectivity index (χ1v) is 8.51. The van der Waals surface area contributed by atoms with E-state index in [0.29, 0.717) is 11.0 Å². The van der Waals surface area contributed by atoms with Gasteiger partial charge in [-0.2, -0.15) is 0 Å². The lowest BCUT2D eigenvalue weighted by Crippen LogP contribution is -2.36. The molecule has 1 heterocycles. The second kappa shape index (κ2) is 6.34. The fraction of sp³-hybridized carbons (Fsp3) is 0.562. The first-order valence-electron chi connectivity index (χ1n) is 7.52. The molecule has 114 valence electrons. The Labute approximate surface area is 128 Å². The molecule has 1 spiro atoms. The van der Waals surface area contributed by atoms with Crippen LogP contribution in [0.2, 0.25) is 0 Å². The van der Waals surface area contributed by atoms with Crippen LogP contribution >= 0.6 is 11.8 Å². The van der Waals surface area contributed by atoms with Crippen LogP contribution in [0.25, 0.3) is 0 Å². The smallest absolute Gasteiger partial charge is 0.156 e. The summed E-state index contributed by atoms with van der Waals surface area (Å²) in [7, 11) is 0. The Morgan fingerprint density at radius 3 is 2.71 bits per heavy atom. The minimum absolute atomic E-state index is 0.280. The zero-order valence-electron chi connectivity index (χ0n) is 12.0. The highest BCUT2D eigenvalue weighted by Gasteiger charge is 2.34. The van der Waals surface area contributed by atoms with Crippen LogP contribution in [0.5, 0.6) is 0 Å². The molecule has 1 saturated carbocycles. The number of aliphatic imine (C=N–C) groups is 1. The van der Waals surface area contributed by atoms with Gasteiger partial charge in [-0.3, -0.25) is 4.99 Å². The summed E-state index contributed by atoms with van der Waals surface area (Å²) in [6, 6.07) is 3.54. The lowest BCUT2D eigenvalue weighted by Gasteiger charge is -2.38. The van der Waals surface area contributed by atoms with E-state index in [1.807, 2.05) is 0 Å². The van der Waals surface area contributed by atoms with E-state index in [4.69, 9.17) is 0 Å². The summed E-state index contributed by atoms with van der Waals surface area (Å²) in [5, 5.41) is 3.99. The molecule has 21 heavy (non-hydrogen) atoms. The van der Waals surface area contributed by atoms with Gasteiger partial charge in [-0.1, -0.05) is 31.0 Å². The van der Waals surface area contributed by atoms with Gasteiger partial charge >= 0.3 is 0 Å². The predicted octanol–water partition coefficient (Wildman–Crippen LogP) is 4.11. The van der Waals surface area contributed by atoms with Crippen LogP contribution in [-0.2, 0) is 6.54 Å². The fourth-order valence-electron chi connectivity index (χ4n) is 3.11. The van der Waals surface area contributed by atoms with Crippen LogP contribution in [0.4, 0.5) is 8.78 Å². The van der Waals surface area contributed by atoms with E-state index in [9.17, 15) is 8.78 Å². The number of thioether (sulfide) groups is 1. The highest BCUT2D eigenvalue weighted by atomic mass is 32.2. The van der Waals surface area contributed by atoms with Gasteiger partial charge < -0.3 is 5.32 Å². The number of halogens is 2. The normalized spacial score (nSPS) is 21.1. The lowest BCUT2D eigenvalue weighted by atomic mass is 9.75. The van der Waals surface area contributed by atoms with Gasteiger partial charge in [0, 0.05) is 24.4 Å². The number of hydrogen-bond donors (Lipinski definition) is 1. The molecule has 1 fully saturated rings. The minimum Gasteiger partial charge on any atom is -0.361 e. The third kappa shape index (κ3) is 3.57. The Hall–Kier alpha value is -1.10. The Bertz CT molecular complexity index is 539. The number of benzene rings is 1. The van der Waals surface area contributed by atoms with E-state index in [1.54, 1.807) is 11.8 Å². The topological polar surface area (TPSA) is 24.4 Å². The van der Waals surface area contributed by atoms with Crippen molar-refractivity contribution >= 4 is 16.9 Å². The second-order valence-corrected chi connectivity index (χ2v) is 7.02. The van der Waals surface area contributed by atoms with Gasteiger partial charge in [-0.05, 0) is 36.5 Å². The summed E-state index contributed by atoms with van der Waals surface area (Å²) in [6.07, 6.45) is 6.52. The quantitative estimate of drug-likeness (QED) is 0.889. The summed E-state index contributed by atoms with van der Waals surface area (Å²) in [4.78, 5) is 4.63. The molecule has 0 saturated heterocycles. The maximum atomic E-state index is 13.6. The van der Waals surface area contributed by atoms with E-state index in [0.717, 1.165) is 23.5 Å². The molecule has 0 bridgehead atoms. The molecule has 1 aliphatic heterocycles. The first-order chi connectivity index (χ1) is 10.2. The summed E-state index contributed by atoms with van der Waals surface area (Å²) in [5.74, 6) is 0.298. The third-order valence-electron chi connectivity index (χ3n) is 4.43. The van der Waals surface area contributed by atoms with Crippen LogP contribution < -0.4 is 5.32 Å². The molecule has 1 N–H and O–H groups in total. The van der Waals surface area contributed by atoms with Crippen molar-refractivity contribution in [2.45, 2.75) is 38.6 Å². The van der Waals surface area contributed by atoms with Gasteiger partial charge in [-0.25, -0.2) is 8.78 Å². The van der Waals surface area contributed by atoms with E-state index in [2.05, 4.69) is 10.3 Å². The zero-order chi connectivity index (χ0) is 14.7.